The van der Waals surface area contributed by atoms with Crippen molar-refractivity contribution in [1.82, 2.24) is 4.90 Å². The van der Waals surface area contributed by atoms with Gasteiger partial charge in [0.2, 0.25) is 0 Å². The van der Waals surface area contributed by atoms with Crippen molar-refractivity contribution >= 4 is 0 Å². The summed E-state index contributed by atoms with van der Waals surface area (Å²) in [4.78, 5) is 2.01. The van der Waals surface area contributed by atoms with Gasteiger partial charge in [-0.1, -0.05) is 12.1 Å². The summed E-state index contributed by atoms with van der Waals surface area (Å²) in [5.74, 6) is 0.700. The first-order valence-electron chi connectivity index (χ1n) is 8.02. The van der Waals surface area contributed by atoms with E-state index in [0.717, 1.165) is 27.8 Å². The molecule has 0 amide bonds. The van der Waals surface area contributed by atoms with Crippen LogP contribution in [0.25, 0.3) is 0 Å². The molecule has 1 atom stereocenters. The molecule has 0 bridgehead atoms. The lowest BCUT2D eigenvalue weighted by Gasteiger charge is -2.36. The van der Waals surface area contributed by atoms with Crippen LogP contribution in [0.5, 0.6) is 5.75 Å². The molecule has 124 valence electrons. The van der Waals surface area contributed by atoms with E-state index in [0.29, 0.717) is 24.4 Å². The van der Waals surface area contributed by atoms with Crippen LogP contribution < -0.4 is 4.74 Å². The van der Waals surface area contributed by atoms with Crippen molar-refractivity contribution in [2.45, 2.75) is 39.6 Å². The maximum absolute atomic E-state index is 11.3. The molecule has 0 radical (unpaired) electrons. The van der Waals surface area contributed by atoms with Crippen molar-refractivity contribution in [2.24, 2.45) is 0 Å². The SMILES string of the molecule is COc1cc(C)cc(C)c1C(C)(O)N1Cc2ccc(C#N)cc2C1. The van der Waals surface area contributed by atoms with E-state index in [1.807, 2.05) is 49.9 Å². The second-order valence-corrected chi connectivity index (χ2v) is 6.63. The number of methoxy groups -OCH3 is 1. The summed E-state index contributed by atoms with van der Waals surface area (Å²) in [6, 6.07) is 11.9. The highest BCUT2D eigenvalue weighted by Gasteiger charge is 2.38. The van der Waals surface area contributed by atoms with Gasteiger partial charge in [0, 0.05) is 18.7 Å². The summed E-state index contributed by atoms with van der Waals surface area (Å²) in [6.45, 7) is 7.07. The maximum atomic E-state index is 11.3. The number of ether oxygens (including phenoxy) is 1. The smallest absolute Gasteiger partial charge is 0.146 e. The van der Waals surface area contributed by atoms with Gasteiger partial charge in [0.05, 0.1) is 18.7 Å². The van der Waals surface area contributed by atoms with Crippen LogP contribution in [0, 0.1) is 25.2 Å². The largest absolute Gasteiger partial charge is 0.496 e. The third-order valence-electron chi connectivity index (χ3n) is 4.81. The van der Waals surface area contributed by atoms with E-state index in [2.05, 4.69) is 12.1 Å². The molecule has 0 aromatic heterocycles. The fraction of sp³-hybridized carbons (Fsp3) is 0.350. The van der Waals surface area contributed by atoms with Crippen LogP contribution in [0.3, 0.4) is 0 Å². The maximum Gasteiger partial charge on any atom is 0.146 e. The molecule has 4 heteroatoms. The van der Waals surface area contributed by atoms with Crippen molar-refractivity contribution in [3.05, 3.63) is 63.7 Å². The Morgan fingerprint density at radius 2 is 1.88 bits per heavy atom. The zero-order valence-electron chi connectivity index (χ0n) is 14.6. The molecule has 2 aromatic rings. The van der Waals surface area contributed by atoms with Gasteiger partial charge in [-0.2, -0.15) is 5.26 Å². The molecule has 1 N–H and O–H groups in total. The average Bonchev–Trinajstić information content (AvgIpc) is 2.97. The van der Waals surface area contributed by atoms with Crippen molar-refractivity contribution in [3.63, 3.8) is 0 Å². The zero-order chi connectivity index (χ0) is 17.5. The average molecular weight is 322 g/mol. The standard InChI is InChI=1S/C20H22N2O2/c1-13-7-14(2)19(18(8-13)24-4)20(3,23)22-11-16-6-5-15(10-21)9-17(16)12-22/h5-9,23H,11-12H2,1-4H3. The third kappa shape index (κ3) is 2.66. The summed E-state index contributed by atoms with van der Waals surface area (Å²) >= 11 is 0. The predicted octanol–water partition coefficient (Wildman–Crippen LogP) is 3.36. The van der Waals surface area contributed by atoms with Crippen molar-refractivity contribution in [1.29, 1.82) is 5.26 Å². The number of aryl methyl sites for hydroxylation is 2. The van der Waals surface area contributed by atoms with E-state index in [9.17, 15) is 5.11 Å². The molecular weight excluding hydrogens is 300 g/mol. The Hall–Kier alpha value is -2.35. The van der Waals surface area contributed by atoms with Gasteiger partial charge >= 0.3 is 0 Å². The number of nitriles is 1. The first-order chi connectivity index (χ1) is 11.4. The Labute approximate surface area is 142 Å². The second-order valence-electron chi connectivity index (χ2n) is 6.63. The van der Waals surface area contributed by atoms with Crippen LogP contribution in [0.2, 0.25) is 0 Å². The number of nitrogens with zero attached hydrogens (tertiary/aromatic N) is 2. The third-order valence-corrected chi connectivity index (χ3v) is 4.81. The number of aliphatic hydroxyl groups is 1. The molecule has 1 aliphatic heterocycles. The molecule has 0 saturated heterocycles. The molecule has 3 rings (SSSR count). The summed E-state index contributed by atoms with van der Waals surface area (Å²) in [5, 5.41) is 20.4. The highest BCUT2D eigenvalue weighted by Crippen LogP contribution is 2.40. The zero-order valence-corrected chi connectivity index (χ0v) is 14.6. The topological polar surface area (TPSA) is 56.5 Å². The van der Waals surface area contributed by atoms with Crippen LogP contribution in [0.1, 0.15) is 40.3 Å². The van der Waals surface area contributed by atoms with Crippen molar-refractivity contribution in [2.75, 3.05) is 7.11 Å². The van der Waals surface area contributed by atoms with Crippen molar-refractivity contribution in [3.8, 4) is 11.8 Å². The Morgan fingerprint density at radius 3 is 2.54 bits per heavy atom. The minimum absolute atomic E-state index is 0.605. The van der Waals surface area contributed by atoms with Gasteiger partial charge in [-0.25, -0.2) is 0 Å². The van der Waals surface area contributed by atoms with Gasteiger partial charge in [-0.15, -0.1) is 0 Å². The fourth-order valence-electron chi connectivity index (χ4n) is 3.63. The monoisotopic (exact) mass is 322 g/mol. The van der Waals surface area contributed by atoms with Crippen LogP contribution >= 0.6 is 0 Å². The molecule has 0 aliphatic carbocycles. The molecule has 2 aromatic carbocycles. The Bertz CT molecular complexity index is 834. The predicted molar refractivity (Wildman–Crippen MR) is 92.4 cm³/mol. The minimum atomic E-state index is -1.16. The van der Waals surface area contributed by atoms with Gasteiger partial charge in [-0.3, -0.25) is 4.90 Å². The molecule has 0 spiro atoms. The highest BCUT2D eigenvalue weighted by atomic mass is 16.5. The molecule has 0 saturated carbocycles. The quantitative estimate of drug-likeness (QED) is 0.941. The van der Waals surface area contributed by atoms with E-state index in [1.54, 1.807) is 7.11 Å². The molecule has 24 heavy (non-hydrogen) atoms. The van der Waals surface area contributed by atoms with Crippen LogP contribution in [0.15, 0.2) is 30.3 Å². The molecular formula is C20H22N2O2. The van der Waals surface area contributed by atoms with Crippen LogP contribution in [0.4, 0.5) is 0 Å². The lowest BCUT2D eigenvalue weighted by Crippen LogP contribution is -2.41. The summed E-state index contributed by atoms with van der Waals surface area (Å²) < 4.78 is 5.54. The van der Waals surface area contributed by atoms with E-state index in [-0.39, 0.29) is 0 Å². The van der Waals surface area contributed by atoms with Gasteiger partial charge in [0.15, 0.2) is 0 Å². The molecule has 1 heterocycles. The van der Waals surface area contributed by atoms with E-state index < -0.39 is 5.72 Å². The minimum Gasteiger partial charge on any atom is -0.496 e. The normalized spacial score (nSPS) is 16.3. The lowest BCUT2D eigenvalue weighted by atomic mass is 9.94. The first-order valence-corrected chi connectivity index (χ1v) is 8.02. The van der Waals surface area contributed by atoms with Gasteiger partial charge in [-0.05, 0) is 61.2 Å². The van der Waals surface area contributed by atoms with Gasteiger partial charge in [0.25, 0.3) is 0 Å². The number of benzene rings is 2. The number of hydrogen-bond donors (Lipinski definition) is 1. The summed E-state index contributed by atoms with van der Waals surface area (Å²) in [7, 11) is 1.63. The Kier molecular flexibility index (Phi) is 4.08. The van der Waals surface area contributed by atoms with Gasteiger partial charge < -0.3 is 9.84 Å². The molecule has 0 fully saturated rings. The second kappa shape index (κ2) is 5.94. The molecule has 1 unspecified atom stereocenters. The van der Waals surface area contributed by atoms with E-state index in [4.69, 9.17) is 10.00 Å². The highest BCUT2D eigenvalue weighted by molar-refractivity contribution is 5.47. The van der Waals surface area contributed by atoms with Crippen LogP contribution in [-0.2, 0) is 18.8 Å². The fourth-order valence-corrected chi connectivity index (χ4v) is 3.63. The molecule has 4 nitrogen and oxygen atoms in total. The summed E-state index contributed by atoms with van der Waals surface area (Å²) in [6.07, 6.45) is 0. The number of hydrogen-bond acceptors (Lipinski definition) is 4. The van der Waals surface area contributed by atoms with Gasteiger partial charge in [0.1, 0.15) is 11.5 Å². The van der Waals surface area contributed by atoms with E-state index >= 15 is 0 Å². The number of fused-ring (bicyclic) bond motifs is 1. The molecule has 1 aliphatic rings. The number of rotatable bonds is 3. The summed E-state index contributed by atoms with van der Waals surface area (Å²) in [5.41, 5.74) is 4.65. The Morgan fingerprint density at radius 1 is 1.17 bits per heavy atom. The van der Waals surface area contributed by atoms with E-state index in [1.165, 1.54) is 0 Å². The lowest BCUT2D eigenvalue weighted by molar-refractivity contribution is -0.107. The Balaban J connectivity index is 2.00. The first kappa shape index (κ1) is 16.5. The van der Waals surface area contributed by atoms with Crippen LogP contribution in [-0.4, -0.2) is 17.1 Å². The van der Waals surface area contributed by atoms with Crippen molar-refractivity contribution < 1.29 is 9.84 Å².